The number of aromatic nitrogens is 2. The number of aromatic amines is 1. The van der Waals surface area contributed by atoms with Crippen molar-refractivity contribution in [1.29, 1.82) is 0 Å². The molecule has 1 aromatic carbocycles. The summed E-state index contributed by atoms with van der Waals surface area (Å²) in [4.78, 5) is 43.3. The first-order chi connectivity index (χ1) is 14.5. The Balaban J connectivity index is 1.70. The minimum atomic E-state index is -0.803. The van der Waals surface area contributed by atoms with Crippen LogP contribution in [0.5, 0.6) is 0 Å². The zero-order valence-corrected chi connectivity index (χ0v) is 15.9. The molecule has 0 bridgehead atoms. The lowest BCUT2D eigenvalue weighted by Gasteiger charge is -2.07. The van der Waals surface area contributed by atoms with Crippen LogP contribution in [-0.2, 0) is 6.54 Å². The van der Waals surface area contributed by atoms with E-state index >= 15 is 0 Å². The summed E-state index contributed by atoms with van der Waals surface area (Å²) in [6.45, 7) is 0.695. The van der Waals surface area contributed by atoms with Crippen molar-refractivity contribution in [3.63, 3.8) is 0 Å². The van der Waals surface area contributed by atoms with Crippen molar-refractivity contribution in [2.45, 2.75) is 13.0 Å². The van der Waals surface area contributed by atoms with Gasteiger partial charge in [-0.2, -0.15) is 5.10 Å². The number of urea groups is 1. The van der Waals surface area contributed by atoms with Crippen molar-refractivity contribution >= 4 is 34.5 Å². The highest BCUT2D eigenvalue weighted by atomic mass is 16.2. The maximum absolute atomic E-state index is 12.7. The van der Waals surface area contributed by atoms with E-state index in [-0.39, 0.29) is 11.8 Å². The number of hydrogen-bond donors (Lipinski definition) is 5. The Hall–Kier alpha value is -4.21. The molecule has 4 amide bonds. The summed E-state index contributed by atoms with van der Waals surface area (Å²) in [6.07, 6.45) is 3.74. The first-order valence-corrected chi connectivity index (χ1v) is 9.26. The van der Waals surface area contributed by atoms with E-state index in [1.807, 2.05) is 6.07 Å². The number of carbonyl (C=O) groups excluding carboxylic acids is 3. The number of primary amides is 1. The number of nitrogens with two attached hydrogens (primary N) is 1. The third kappa shape index (κ3) is 3.83. The topological polar surface area (TPSA) is 154 Å². The Morgan fingerprint density at radius 3 is 2.90 bits per heavy atom. The quantitative estimate of drug-likeness (QED) is 0.411. The third-order valence-electron chi connectivity index (χ3n) is 4.70. The molecule has 4 rings (SSSR count). The summed E-state index contributed by atoms with van der Waals surface area (Å²) in [5.74, 6) is -0.546. The van der Waals surface area contributed by atoms with E-state index in [2.05, 4.69) is 31.1 Å². The van der Waals surface area contributed by atoms with Gasteiger partial charge in [0.25, 0.3) is 11.8 Å². The lowest BCUT2D eigenvalue weighted by molar-refractivity contribution is 0.0943. The molecule has 0 unspecified atom stereocenters. The van der Waals surface area contributed by atoms with E-state index in [4.69, 9.17) is 5.73 Å². The van der Waals surface area contributed by atoms with Crippen LogP contribution < -0.4 is 21.8 Å². The molecule has 0 radical (unpaired) electrons. The van der Waals surface area contributed by atoms with Crippen LogP contribution in [0, 0.1) is 0 Å². The van der Waals surface area contributed by atoms with Gasteiger partial charge < -0.3 is 21.4 Å². The van der Waals surface area contributed by atoms with Crippen molar-refractivity contribution in [2.24, 2.45) is 10.8 Å². The Bertz CT molecular complexity index is 1170. The molecule has 0 saturated heterocycles. The van der Waals surface area contributed by atoms with Crippen LogP contribution in [-0.4, -0.2) is 40.1 Å². The summed E-state index contributed by atoms with van der Waals surface area (Å²) in [6, 6.07) is 7.97. The SMILES string of the molecule is NC(=O)NN=C1CCNC(=O)c2[nH]c3ccc(C(=O)NCc4cccnc4)cc3c21. The third-order valence-corrected chi connectivity index (χ3v) is 4.70. The molecular weight excluding hydrogens is 386 g/mol. The van der Waals surface area contributed by atoms with Gasteiger partial charge in [0.05, 0.1) is 5.71 Å². The van der Waals surface area contributed by atoms with Crippen molar-refractivity contribution in [3.05, 3.63) is 65.1 Å². The van der Waals surface area contributed by atoms with Crippen LogP contribution in [0.1, 0.15) is 38.4 Å². The van der Waals surface area contributed by atoms with Gasteiger partial charge >= 0.3 is 6.03 Å². The second kappa shape index (κ2) is 8.03. The molecular formula is C20H19N7O3. The number of nitrogens with one attached hydrogen (secondary N) is 4. The smallest absolute Gasteiger partial charge is 0.332 e. The molecule has 0 aliphatic carbocycles. The summed E-state index contributed by atoms with van der Waals surface area (Å²) in [7, 11) is 0. The molecule has 1 aliphatic rings. The number of benzene rings is 1. The first-order valence-electron chi connectivity index (χ1n) is 9.26. The maximum atomic E-state index is 12.7. The average Bonchev–Trinajstić information content (AvgIpc) is 3.06. The molecule has 0 spiro atoms. The monoisotopic (exact) mass is 405 g/mol. The van der Waals surface area contributed by atoms with Crippen LogP contribution in [0.4, 0.5) is 4.79 Å². The van der Waals surface area contributed by atoms with E-state index < -0.39 is 6.03 Å². The Morgan fingerprint density at radius 1 is 1.27 bits per heavy atom. The maximum Gasteiger partial charge on any atom is 0.332 e. The zero-order valence-electron chi connectivity index (χ0n) is 15.9. The minimum absolute atomic E-state index is 0.262. The number of fused-ring (bicyclic) bond motifs is 3. The van der Waals surface area contributed by atoms with Gasteiger partial charge in [-0.15, -0.1) is 0 Å². The fourth-order valence-electron chi connectivity index (χ4n) is 3.33. The lowest BCUT2D eigenvalue weighted by Crippen LogP contribution is -2.26. The number of rotatable bonds is 4. The van der Waals surface area contributed by atoms with Crippen molar-refractivity contribution in [3.8, 4) is 0 Å². The zero-order chi connectivity index (χ0) is 21.1. The Morgan fingerprint density at radius 2 is 2.13 bits per heavy atom. The highest BCUT2D eigenvalue weighted by Gasteiger charge is 2.25. The molecule has 3 heterocycles. The molecule has 2 aromatic heterocycles. The van der Waals surface area contributed by atoms with Gasteiger partial charge in [-0.1, -0.05) is 6.07 Å². The molecule has 152 valence electrons. The van der Waals surface area contributed by atoms with Crippen molar-refractivity contribution in [1.82, 2.24) is 26.0 Å². The molecule has 1 aliphatic heterocycles. The van der Waals surface area contributed by atoms with Crippen molar-refractivity contribution < 1.29 is 14.4 Å². The number of amides is 4. The average molecular weight is 405 g/mol. The van der Waals surface area contributed by atoms with E-state index in [9.17, 15) is 14.4 Å². The molecule has 6 N–H and O–H groups in total. The predicted octanol–water partition coefficient (Wildman–Crippen LogP) is 0.999. The van der Waals surface area contributed by atoms with Gasteiger partial charge in [0, 0.05) is 53.9 Å². The van der Waals surface area contributed by atoms with Gasteiger partial charge in [0.15, 0.2) is 0 Å². The van der Waals surface area contributed by atoms with Gasteiger partial charge in [0.2, 0.25) is 0 Å². The van der Waals surface area contributed by atoms with Gasteiger partial charge in [-0.05, 0) is 29.8 Å². The molecule has 3 aromatic rings. The van der Waals surface area contributed by atoms with Gasteiger partial charge in [-0.25, -0.2) is 10.2 Å². The van der Waals surface area contributed by atoms with E-state index in [1.54, 1.807) is 36.7 Å². The molecule has 10 heteroatoms. The largest absolute Gasteiger partial charge is 0.350 e. The van der Waals surface area contributed by atoms with E-state index in [0.29, 0.717) is 52.9 Å². The fraction of sp³-hybridized carbons (Fsp3) is 0.150. The fourth-order valence-corrected chi connectivity index (χ4v) is 3.33. The number of pyridine rings is 1. The van der Waals surface area contributed by atoms with Crippen molar-refractivity contribution in [2.75, 3.05) is 6.54 Å². The normalized spacial score (nSPS) is 14.7. The standard InChI is InChI=1S/C20H19N7O3/c21-20(30)27-26-15-5-7-23-19(29)17-16(15)13-8-12(3-4-14(13)25-17)18(28)24-10-11-2-1-6-22-9-11/h1-4,6,8-9,25H,5,7,10H2,(H,23,29)(H,24,28)(H3,21,27,30). The summed E-state index contributed by atoms with van der Waals surface area (Å²) in [5, 5.41) is 10.3. The molecule has 0 atom stereocenters. The van der Waals surface area contributed by atoms with Gasteiger partial charge in [-0.3, -0.25) is 14.6 Å². The summed E-state index contributed by atoms with van der Waals surface area (Å²) >= 11 is 0. The highest BCUT2D eigenvalue weighted by Crippen LogP contribution is 2.27. The molecule has 0 fully saturated rings. The lowest BCUT2D eigenvalue weighted by atomic mass is 10.0. The predicted molar refractivity (Wildman–Crippen MR) is 110 cm³/mol. The second-order valence-corrected chi connectivity index (χ2v) is 6.72. The van der Waals surface area contributed by atoms with Crippen LogP contribution in [0.25, 0.3) is 10.9 Å². The van der Waals surface area contributed by atoms with E-state index in [0.717, 1.165) is 5.56 Å². The number of H-pyrrole nitrogens is 1. The molecule has 30 heavy (non-hydrogen) atoms. The van der Waals surface area contributed by atoms with E-state index in [1.165, 1.54) is 0 Å². The number of nitrogens with zero attached hydrogens (tertiary/aromatic N) is 2. The highest BCUT2D eigenvalue weighted by molar-refractivity contribution is 6.20. The second-order valence-electron chi connectivity index (χ2n) is 6.72. The first kappa shape index (κ1) is 19.1. The summed E-state index contributed by atoms with van der Waals surface area (Å²) in [5.41, 5.74) is 10.7. The molecule has 10 nitrogen and oxygen atoms in total. The van der Waals surface area contributed by atoms with Crippen LogP contribution in [0.2, 0.25) is 0 Å². The Labute approximate surface area is 170 Å². The minimum Gasteiger partial charge on any atom is -0.350 e. The number of hydrazone groups is 1. The van der Waals surface area contributed by atoms with Crippen LogP contribution >= 0.6 is 0 Å². The van der Waals surface area contributed by atoms with Crippen LogP contribution in [0.15, 0.2) is 47.8 Å². The van der Waals surface area contributed by atoms with Gasteiger partial charge in [0.1, 0.15) is 5.69 Å². The number of carbonyl (C=O) groups is 3. The molecule has 0 saturated carbocycles. The summed E-state index contributed by atoms with van der Waals surface area (Å²) < 4.78 is 0. The number of hydrogen-bond acceptors (Lipinski definition) is 5. The van der Waals surface area contributed by atoms with Crippen LogP contribution in [0.3, 0.4) is 0 Å². The Kier molecular flexibility index (Phi) is 5.12.